The molecular formula is C20H29FN2O. The summed E-state index contributed by atoms with van der Waals surface area (Å²) >= 11 is 0. The minimum atomic E-state index is -0.148. The van der Waals surface area contributed by atoms with Crippen LogP contribution in [0.25, 0.3) is 0 Å². The molecule has 4 heteroatoms. The van der Waals surface area contributed by atoms with E-state index in [0.29, 0.717) is 11.8 Å². The van der Waals surface area contributed by atoms with Crippen LogP contribution in [0.4, 0.5) is 4.39 Å². The fourth-order valence-corrected chi connectivity index (χ4v) is 4.08. The van der Waals surface area contributed by atoms with Crippen LogP contribution in [0, 0.1) is 11.7 Å². The van der Waals surface area contributed by atoms with Gasteiger partial charge in [0.15, 0.2) is 0 Å². The number of likely N-dealkylation sites (tertiary alicyclic amines) is 2. The second-order valence-electron chi connectivity index (χ2n) is 7.38. The van der Waals surface area contributed by atoms with Crippen LogP contribution in [-0.2, 0) is 11.2 Å². The molecule has 3 rings (SSSR count). The fourth-order valence-electron chi connectivity index (χ4n) is 4.08. The molecule has 0 aliphatic carbocycles. The van der Waals surface area contributed by atoms with Crippen molar-refractivity contribution in [3.63, 3.8) is 0 Å². The van der Waals surface area contributed by atoms with Crippen molar-refractivity contribution < 1.29 is 9.18 Å². The van der Waals surface area contributed by atoms with Crippen LogP contribution in [0.1, 0.15) is 44.6 Å². The highest BCUT2D eigenvalue weighted by Crippen LogP contribution is 2.24. The molecule has 2 aliphatic heterocycles. The minimum Gasteiger partial charge on any atom is -0.341 e. The number of amides is 1. The second kappa shape index (κ2) is 8.11. The lowest BCUT2D eigenvalue weighted by Crippen LogP contribution is -2.50. The smallest absolute Gasteiger partial charge is 0.239 e. The van der Waals surface area contributed by atoms with E-state index in [1.807, 2.05) is 11.0 Å². The van der Waals surface area contributed by atoms with Crippen LogP contribution in [0.15, 0.2) is 24.3 Å². The molecule has 2 saturated heterocycles. The number of hydrogen-bond acceptors (Lipinski definition) is 2. The average Bonchev–Trinajstić information content (AvgIpc) is 2.62. The predicted octanol–water partition coefficient (Wildman–Crippen LogP) is 3.48. The van der Waals surface area contributed by atoms with Gasteiger partial charge in [-0.1, -0.05) is 12.1 Å². The normalized spacial score (nSPS) is 21.7. The number of rotatable bonds is 4. The maximum Gasteiger partial charge on any atom is 0.239 e. The lowest BCUT2D eigenvalue weighted by Gasteiger charge is -2.38. The Labute approximate surface area is 144 Å². The standard InChI is InChI=1S/C20H29FN2O/c1-16(20(24)23-10-3-2-4-11-23)22-12-8-17(9-13-22)14-18-6-5-7-19(21)15-18/h5-7,15-17H,2-4,8-14H2,1H3/t16-/m1/s1. The van der Waals surface area contributed by atoms with E-state index in [0.717, 1.165) is 63.8 Å². The predicted molar refractivity (Wildman–Crippen MR) is 94.3 cm³/mol. The summed E-state index contributed by atoms with van der Waals surface area (Å²) in [6, 6.07) is 6.95. The second-order valence-corrected chi connectivity index (χ2v) is 7.38. The number of benzene rings is 1. The molecule has 2 fully saturated rings. The average molecular weight is 332 g/mol. The molecule has 0 unspecified atom stereocenters. The summed E-state index contributed by atoms with van der Waals surface area (Å²) in [5.74, 6) is 0.754. The van der Waals surface area contributed by atoms with E-state index in [2.05, 4.69) is 11.8 Å². The molecule has 0 N–H and O–H groups in total. The van der Waals surface area contributed by atoms with Gasteiger partial charge in [-0.2, -0.15) is 0 Å². The van der Waals surface area contributed by atoms with Crippen molar-refractivity contribution in [2.24, 2.45) is 5.92 Å². The molecule has 3 nitrogen and oxygen atoms in total. The van der Waals surface area contributed by atoms with Crippen molar-refractivity contribution in [3.05, 3.63) is 35.6 Å². The molecule has 1 amide bonds. The monoisotopic (exact) mass is 332 g/mol. The number of halogens is 1. The van der Waals surface area contributed by atoms with E-state index in [-0.39, 0.29) is 11.9 Å². The molecule has 0 bridgehead atoms. The largest absolute Gasteiger partial charge is 0.341 e. The Hall–Kier alpha value is -1.42. The van der Waals surface area contributed by atoms with Gasteiger partial charge >= 0.3 is 0 Å². The third-order valence-electron chi connectivity index (χ3n) is 5.64. The van der Waals surface area contributed by atoms with E-state index in [9.17, 15) is 9.18 Å². The van der Waals surface area contributed by atoms with Gasteiger partial charge in [-0.3, -0.25) is 9.69 Å². The van der Waals surface area contributed by atoms with Crippen molar-refractivity contribution in [2.45, 2.75) is 51.5 Å². The van der Waals surface area contributed by atoms with E-state index in [4.69, 9.17) is 0 Å². The summed E-state index contributed by atoms with van der Waals surface area (Å²) in [5.41, 5.74) is 1.09. The first-order valence-corrected chi connectivity index (χ1v) is 9.41. The molecule has 1 aromatic rings. The van der Waals surface area contributed by atoms with Crippen LogP contribution >= 0.6 is 0 Å². The first-order chi connectivity index (χ1) is 11.6. The first-order valence-electron chi connectivity index (χ1n) is 9.41. The molecule has 2 heterocycles. The number of piperidine rings is 2. The summed E-state index contributed by atoms with van der Waals surface area (Å²) < 4.78 is 13.3. The highest BCUT2D eigenvalue weighted by molar-refractivity contribution is 5.81. The zero-order chi connectivity index (χ0) is 16.9. The van der Waals surface area contributed by atoms with E-state index < -0.39 is 0 Å². The first kappa shape index (κ1) is 17.4. The van der Waals surface area contributed by atoms with Gasteiger partial charge in [0.2, 0.25) is 5.91 Å². The molecule has 24 heavy (non-hydrogen) atoms. The molecule has 0 saturated carbocycles. The summed E-state index contributed by atoms with van der Waals surface area (Å²) in [6.45, 7) is 5.86. The van der Waals surface area contributed by atoms with Gasteiger partial charge in [-0.25, -0.2) is 4.39 Å². The Kier molecular flexibility index (Phi) is 5.88. The van der Waals surface area contributed by atoms with Crippen LogP contribution in [0.3, 0.4) is 0 Å². The molecular weight excluding hydrogens is 303 g/mol. The van der Waals surface area contributed by atoms with Gasteiger partial charge in [-0.05, 0) is 82.2 Å². The number of nitrogens with zero attached hydrogens (tertiary/aromatic N) is 2. The topological polar surface area (TPSA) is 23.6 Å². The maximum absolute atomic E-state index is 13.3. The quantitative estimate of drug-likeness (QED) is 0.843. The maximum atomic E-state index is 13.3. The van der Waals surface area contributed by atoms with Crippen molar-refractivity contribution in [1.29, 1.82) is 0 Å². The lowest BCUT2D eigenvalue weighted by molar-refractivity contribution is -0.137. The Balaban J connectivity index is 1.48. The Morgan fingerprint density at radius 2 is 1.88 bits per heavy atom. The Morgan fingerprint density at radius 3 is 2.54 bits per heavy atom. The fraction of sp³-hybridized carbons (Fsp3) is 0.650. The van der Waals surface area contributed by atoms with Gasteiger partial charge in [-0.15, -0.1) is 0 Å². The summed E-state index contributed by atoms with van der Waals surface area (Å²) in [5, 5.41) is 0. The van der Waals surface area contributed by atoms with Crippen LogP contribution < -0.4 is 0 Å². The van der Waals surface area contributed by atoms with Gasteiger partial charge in [0, 0.05) is 13.1 Å². The molecule has 1 atom stereocenters. The van der Waals surface area contributed by atoms with Crippen LogP contribution in [-0.4, -0.2) is 47.9 Å². The van der Waals surface area contributed by atoms with E-state index in [1.54, 1.807) is 12.1 Å². The minimum absolute atomic E-state index is 0.00165. The Bertz CT molecular complexity index is 548. The van der Waals surface area contributed by atoms with Crippen molar-refractivity contribution >= 4 is 5.91 Å². The number of hydrogen-bond donors (Lipinski definition) is 0. The summed E-state index contributed by atoms with van der Waals surface area (Å²) in [7, 11) is 0. The zero-order valence-corrected chi connectivity index (χ0v) is 14.7. The SMILES string of the molecule is C[C@H](C(=O)N1CCCCC1)N1CCC(Cc2cccc(F)c2)CC1. The van der Waals surface area contributed by atoms with Crippen LogP contribution in [0.2, 0.25) is 0 Å². The van der Waals surface area contributed by atoms with Crippen molar-refractivity contribution in [3.8, 4) is 0 Å². The Morgan fingerprint density at radius 1 is 1.17 bits per heavy atom. The molecule has 0 spiro atoms. The van der Waals surface area contributed by atoms with Crippen molar-refractivity contribution in [2.75, 3.05) is 26.2 Å². The lowest BCUT2D eigenvalue weighted by atomic mass is 9.89. The molecule has 0 radical (unpaired) electrons. The van der Waals surface area contributed by atoms with Gasteiger partial charge < -0.3 is 4.90 Å². The van der Waals surface area contributed by atoms with E-state index >= 15 is 0 Å². The molecule has 1 aromatic carbocycles. The third kappa shape index (κ3) is 4.35. The molecule has 0 aromatic heterocycles. The highest BCUT2D eigenvalue weighted by Gasteiger charge is 2.29. The zero-order valence-electron chi connectivity index (χ0n) is 14.7. The third-order valence-corrected chi connectivity index (χ3v) is 5.64. The van der Waals surface area contributed by atoms with Crippen LogP contribution in [0.5, 0.6) is 0 Å². The number of carbonyl (C=O) groups is 1. The summed E-state index contributed by atoms with van der Waals surface area (Å²) in [4.78, 5) is 17.0. The van der Waals surface area contributed by atoms with Gasteiger partial charge in [0.25, 0.3) is 0 Å². The van der Waals surface area contributed by atoms with Gasteiger partial charge in [0.1, 0.15) is 5.82 Å². The van der Waals surface area contributed by atoms with E-state index in [1.165, 1.54) is 12.5 Å². The number of carbonyl (C=O) groups excluding carboxylic acids is 1. The molecule has 132 valence electrons. The highest BCUT2D eigenvalue weighted by atomic mass is 19.1. The molecule has 2 aliphatic rings. The summed E-state index contributed by atoms with van der Waals surface area (Å²) in [6.07, 6.45) is 6.67. The van der Waals surface area contributed by atoms with Gasteiger partial charge in [0.05, 0.1) is 6.04 Å². The van der Waals surface area contributed by atoms with Crippen molar-refractivity contribution in [1.82, 2.24) is 9.80 Å².